The molecular formula is C8H10N4O. The highest BCUT2D eigenvalue weighted by atomic mass is 16.2. The van der Waals surface area contributed by atoms with E-state index >= 15 is 0 Å². The molecule has 2 rings (SSSR count). The van der Waals surface area contributed by atoms with Crippen LogP contribution >= 0.6 is 0 Å². The third-order valence-electron chi connectivity index (χ3n) is 2.05. The highest BCUT2D eigenvalue weighted by molar-refractivity contribution is 6.00. The second-order valence-electron chi connectivity index (χ2n) is 2.78. The second kappa shape index (κ2) is 3.01. The number of hydrogen-bond acceptors (Lipinski definition) is 4. The number of hydrogen-bond donors (Lipinski definition) is 1. The molecule has 1 aliphatic heterocycles. The number of nitrogens with one attached hydrogen (secondary N) is 1. The molecule has 0 fully saturated rings. The molecule has 13 heavy (non-hydrogen) atoms. The van der Waals surface area contributed by atoms with Gasteiger partial charge in [-0.15, -0.1) is 0 Å². The number of fused-ring (bicyclic) bond motifs is 1. The van der Waals surface area contributed by atoms with Crippen molar-refractivity contribution in [3.05, 3.63) is 18.1 Å². The van der Waals surface area contributed by atoms with Gasteiger partial charge < -0.3 is 10.2 Å². The standard InChI is InChI=1S/C8H10N4O/c1-2-12-5-11-8(13)6-3-9-4-10-7(6)12/h3-4H,2,5H2,1H3,(H,11,13). The second-order valence-corrected chi connectivity index (χ2v) is 2.78. The normalized spacial score (nSPS) is 15.2. The van der Waals surface area contributed by atoms with Crippen LogP contribution in [0.4, 0.5) is 5.82 Å². The molecule has 1 aromatic heterocycles. The minimum atomic E-state index is -0.0969. The van der Waals surface area contributed by atoms with Crippen LogP contribution in [-0.4, -0.2) is 29.1 Å². The SMILES string of the molecule is CCN1CNC(=O)c2cncnc21. The predicted molar refractivity (Wildman–Crippen MR) is 47.4 cm³/mol. The van der Waals surface area contributed by atoms with Gasteiger partial charge in [0.2, 0.25) is 0 Å². The minimum absolute atomic E-state index is 0.0969. The van der Waals surface area contributed by atoms with Gasteiger partial charge in [0.15, 0.2) is 0 Å². The lowest BCUT2D eigenvalue weighted by molar-refractivity contribution is 0.0946. The van der Waals surface area contributed by atoms with Gasteiger partial charge in [-0.3, -0.25) is 4.79 Å². The van der Waals surface area contributed by atoms with E-state index in [1.54, 1.807) is 6.20 Å². The summed E-state index contributed by atoms with van der Waals surface area (Å²) in [7, 11) is 0. The van der Waals surface area contributed by atoms with E-state index in [2.05, 4.69) is 15.3 Å². The summed E-state index contributed by atoms with van der Waals surface area (Å²) >= 11 is 0. The summed E-state index contributed by atoms with van der Waals surface area (Å²) in [5.41, 5.74) is 0.551. The number of nitrogens with zero attached hydrogens (tertiary/aromatic N) is 3. The monoisotopic (exact) mass is 178 g/mol. The molecule has 0 atom stereocenters. The van der Waals surface area contributed by atoms with Gasteiger partial charge in [0, 0.05) is 12.7 Å². The topological polar surface area (TPSA) is 58.1 Å². The number of carbonyl (C=O) groups excluding carboxylic acids is 1. The number of anilines is 1. The largest absolute Gasteiger partial charge is 0.339 e. The van der Waals surface area contributed by atoms with Crippen LogP contribution in [0.5, 0.6) is 0 Å². The Morgan fingerprint density at radius 1 is 1.69 bits per heavy atom. The van der Waals surface area contributed by atoms with Crippen molar-refractivity contribution in [3.8, 4) is 0 Å². The molecule has 0 bridgehead atoms. The molecule has 1 amide bonds. The molecule has 5 heteroatoms. The molecule has 0 radical (unpaired) electrons. The molecule has 0 spiro atoms. The molecule has 1 aliphatic rings. The summed E-state index contributed by atoms with van der Waals surface area (Å²) in [6, 6.07) is 0. The van der Waals surface area contributed by atoms with E-state index < -0.39 is 0 Å². The van der Waals surface area contributed by atoms with Gasteiger partial charge in [-0.1, -0.05) is 0 Å². The van der Waals surface area contributed by atoms with Crippen LogP contribution in [0.1, 0.15) is 17.3 Å². The number of amides is 1. The summed E-state index contributed by atoms with van der Waals surface area (Å²) in [6.45, 7) is 3.37. The van der Waals surface area contributed by atoms with Gasteiger partial charge in [0.25, 0.3) is 5.91 Å². The average molecular weight is 178 g/mol. The summed E-state index contributed by atoms with van der Waals surface area (Å²) in [5, 5.41) is 2.75. The fraction of sp³-hybridized carbons (Fsp3) is 0.375. The van der Waals surface area contributed by atoms with E-state index in [4.69, 9.17) is 0 Å². The lowest BCUT2D eigenvalue weighted by atomic mass is 10.2. The summed E-state index contributed by atoms with van der Waals surface area (Å²) in [6.07, 6.45) is 3.00. The van der Waals surface area contributed by atoms with Crippen molar-refractivity contribution < 1.29 is 4.79 Å². The van der Waals surface area contributed by atoms with E-state index in [0.717, 1.165) is 12.4 Å². The van der Waals surface area contributed by atoms with Crippen molar-refractivity contribution in [2.75, 3.05) is 18.1 Å². The van der Waals surface area contributed by atoms with Crippen molar-refractivity contribution in [2.45, 2.75) is 6.92 Å². The first-order valence-corrected chi connectivity index (χ1v) is 4.16. The summed E-state index contributed by atoms with van der Waals surface area (Å²) in [5.74, 6) is 0.626. The Morgan fingerprint density at radius 3 is 3.31 bits per heavy atom. The van der Waals surface area contributed by atoms with E-state index in [1.165, 1.54) is 6.33 Å². The molecule has 0 aromatic carbocycles. The van der Waals surface area contributed by atoms with Gasteiger partial charge in [-0.05, 0) is 6.92 Å². The Kier molecular flexibility index (Phi) is 1.84. The van der Waals surface area contributed by atoms with Crippen LogP contribution in [0.25, 0.3) is 0 Å². The number of carbonyl (C=O) groups is 1. The van der Waals surface area contributed by atoms with Crippen molar-refractivity contribution in [1.82, 2.24) is 15.3 Å². The van der Waals surface area contributed by atoms with Crippen molar-refractivity contribution in [1.29, 1.82) is 0 Å². The van der Waals surface area contributed by atoms with Crippen molar-refractivity contribution in [3.63, 3.8) is 0 Å². The first-order chi connectivity index (χ1) is 6.33. The Bertz CT molecular complexity index is 339. The zero-order valence-electron chi connectivity index (χ0n) is 7.32. The lowest BCUT2D eigenvalue weighted by Gasteiger charge is -2.28. The molecular weight excluding hydrogens is 168 g/mol. The highest BCUT2D eigenvalue weighted by Crippen LogP contribution is 2.18. The van der Waals surface area contributed by atoms with Crippen LogP contribution < -0.4 is 10.2 Å². The van der Waals surface area contributed by atoms with Crippen LogP contribution in [0.3, 0.4) is 0 Å². The van der Waals surface area contributed by atoms with Gasteiger partial charge in [0.1, 0.15) is 17.7 Å². The fourth-order valence-electron chi connectivity index (χ4n) is 1.33. The predicted octanol–water partition coefficient (Wildman–Crippen LogP) is 0.00380. The van der Waals surface area contributed by atoms with E-state index in [9.17, 15) is 4.79 Å². The third-order valence-corrected chi connectivity index (χ3v) is 2.05. The Balaban J connectivity index is 2.47. The van der Waals surface area contributed by atoms with E-state index in [-0.39, 0.29) is 5.91 Å². The smallest absolute Gasteiger partial charge is 0.258 e. The molecule has 0 aliphatic carbocycles. The number of rotatable bonds is 1. The van der Waals surface area contributed by atoms with Crippen LogP contribution in [0.15, 0.2) is 12.5 Å². The minimum Gasteiger partial charge on any atom is -0.339 e. The van der Waals surface area contributed by atoms with Crippen LogP contribution in [-0.2, 0) is 0 Å². The molecule has 1 aromatic rings. The first-order valence-electron chi connectivity index (χ1n) is 4.16. The molecule has 0 saturated heterocycles. The molecule has 1 N–H and O–H groups in total. The molecule has 5 nitrogen and oxygen atoms in total. The maximum absolute atomic E-state index is 11.3. The quantitative estimate of drug-likeness (QED) is 0.657. The molecule has 2 heterocycles. The summed E-state index contributed by atoms with van der Waals surface area (Å²) in [4.78, 5) is 21.2. The average Bonchev–Trinajstić information content (AvgIpc) is 2.19. The first kappa shape index (κ1) is 7.97. The highest BCUT2D eigenvalue weighted by Gasteiger charge is 2.22. The third kappa shape index (κ3) is 1.22. The van der Waals surface area contributed by atoms with Crippen molar-refractivity contribution in [2.24, 2.45) is 0 Å². The Morgan fingerprint density at radius 2 is 2.54 bits per heavy atom. The summed E-state index contributed by atoms with van der Waals surface area (Å²) < 4.78 is 0. The zero-order valence-corrected chi connectivity index (χ0v) is 7.32. The van der Waals surface area contributed by atoms with Crippen LogP contribution in [0.2, 0.25) is 0 Å². The maximum atomic E-state index is 11.3. The number of aromatic nitrogens is 2. The van der Waals surface area contributed by atoms with Crippen LogP contribution in [0, 0.1) is 0 Å². The Hall–Kier alpha value is -1.65. The fourth-order valence-corrected chi connectivity index (χ4v) is 1.33. The van der Waals surface area contributed by atoms with Gasteiger partial charge >= 0.3 is 0 Å². The molecule has 0 unspecified atom stereocenters. The van der Waals surface area contributed by atoms with Crippen molar-refractivity contribution >= 4 is 11.7 Å². The van der Waals surface area contributed by atoms with Gasteiger partial charge in [0.05, 0.1) is 6.67 Å². The maximum Gasteiger partial charge on any atom is 0.258 e. The molecule has 0 saturated carbocycles. The van der Waals surface area contributed by atoms with Gasteiger partial charge in [-0.25, -0.2) is 9.97 Å². The van der Waals surface area contributed by atoms with Gasteiger partial charge in [-0.2, -0.15) is 0 Å². The zero-order chi connectivity index (χ0) is 9.26. The Labute approximate surface area is 75.8 Å². The van der Waals surface area contributed by atoms with E-state index in [0.29, 0.717) is 12.2 Å². The molecule has 68 valence electrons. The van der Waals surface area contributed by atoms with E-state index in [1.807, 2.05) is 11.8 Å². The lowest BCUT2D eigenvalue weighted by Crippen LogP contribution is -2.43.